The van der Waals surface area contributed by atoms with Gasteiger partial charge in [-0.05, 0) is 25.7 Å². The Morgan fingerprint density at radius 3 is 1.47 bits per heavy atom. The van der Waals surface area contributed by atoms with E-state index >= 15 is 0 Å². The van der Waals surface area contributed by atoms with Crippen LogP contribution >= 0.6 is 0 Å². The maximum atomic E-state index is 5.80. The highest BCUT2D eigenvalue weighted by atomic mass is 16.8. The van der Waals surface area contributed by atoms with Crippen LogP contribution in [-0.4, -0.2) is 26.8 Å². The lowest BCUT2D eigenvalue weighted by molar-refractivity contribution is -0.232. The molecule has 0 spiro atoms. The summed E-state index contributed by atoms with van der Waals surface area (Å²) in [6.45, 7) is 4.26. The fourth-order valence-corrected chi connectivity index (χ4v) is 1.69. The Hall–Kier alpha value is -0.640. The Labute approximate surface area is 118 Å². The Balaban J connectivity index is 3.94. The van der Waals surface area contributed by atoms with Crippen LogP contribution in [0.25, 0.3) is 0 Å². The highest BCUT2D eigenvalue weighted by Crippen LogP contribution is 2.12. The van der Waals surface area contributed by atoms with Gasteiger partial charge in [-0.25, -0.2) is 0 Å². The Bertz CT molecular complexity index is 212. The van der Waals surface area contributed by atoms with Gasteiger partial charge in [0.2, 0.25) is 0 Å². The van der Waals surface area contributed by atoms with E-state index in [-0.39, 0.29) is 12.6 Å². The molecule has 0 saturated carbocycles. The van der Waals surface area contributed by atoms with Crippen LogP contribution in [0.3, 0.4) is 0 Å². The third-order valence-electron chi connectivity index (χ3n) is 2.77. The van der Waals surface area contributed by atoms with Crippen LogP contribution in [0.2, 0.25) is 0 Å². The van der Waals surface area contributed by atoms with E-state index in [1.54, 1.807) is 14.2 Å². The molecule has 0 aliphatic heterocycles. The van der Waals surface area contributed by atoms with Crippen molar-refractivity contribution in [2.75, 3.05) is 14.2 Å². The molecule has 19 heavy (non-hydrogen) atoms. The lowest BCUT2D eigenvalue weighted by Crippen LogP contribution is -2.25. The van der Waals surface area contributed by atoms with Gasteiger partial charge in [0.15, 0.2) is 12.6 Å². The molecule has 0 aliphatic carbocycles. The fourth-order valence-electron chi connectivity index (χ4n) is 1.69. The lowest BCUT2D eigenvalue weighted by atomic mass is 10.2. The molecule has 0 aromatic heterocycles. The molecular weight excluding hydrogens is 240 g/mol. The van der Waals surface area contributed by atoms with Gasteiger partial charge in [0, 0.05) is 27.1 Å². The van der Waals surface area contributed by atoms with E-state index in [2.05, 4.69) is 38.2 Å². The summed E-state index contributed by atoms with van der Waals surface area (Å²) in [5, 5.41) is 0. The van der Waals surface area contributed by atoms with Crippen molar-refractivity contribution >= 4 is 0 Å². The summed E-state index contributed by atoms with van der Waals surface area (Å²) in [5.74, 6) is 0. The van der Waals surface area contributed by atoms with Crippen molar-refractivity contribution in [1.82, 2.24) is 0 Å². The van der Waals surface area contributed by atoms with Gasteiger partial charge in [0.1, 0.15) is 0 Å². The number of rotatable bonds is 12. The summed E-state index contributed by atoms with van der Waals surface area (Å²) in [7, 11) is 3.36. The van der Waals surface area contributed by atoms with Crippen LogP contribution in [0.4, 0.5) is 0 Å². The van der Waals surface area contributed by atoms with E-state index in [0.717, 1.165) is 38.5 Å². The second kappa shape index (κ2) is 13.8. The smallest absolute Gasteiger partial charge is 0.160 e. The summed E-state index contributed by atoms with van der Waals surface area (Å²) in [6.07, 6.45) is 14.1. The molecule has 0 aromatic rings. The fraction of sp³-hybridized carbons (Fsp3) is 0.750. The monoisotopic (exact) mass is 270 g/mol. The van der Waals surface area contributed by atoms with Crippen LogP contribution in [0.1, 0.15) is 52.4 Å². The quantitative estimate of drug-likeness (QED) is 0.387. The molecule has 0 aliphatic rings. The Morgan fingerprint density at radius 1 is 0.737 bits per heavy atom. The third kappa shape index (κ3) is 10.9. The minimum Gasteiger partial charge on any atom is -0.356 e. The number of ether oxygens (including phenoxy) is 3. The Kier molecular flexibility index (Phi) is 13.3. The first-order valence-corrected chi connectivity index (χ1v) is 7.29. The molecular formula is C16H30O3. The van der Waals surface area contributed by atoms with Crippen LogP contribution in [0.5, 0.6) is 0 Å². The van der Waals surface area contributed by atoms with Gasteiger partial charge in [-0.3, -0.25) is 0 Å². The maximum absolute atomic E-state index is 5.80. The molecule has 0 N–H and O–H groups in total. The van der Waals surface area contributed by atoms with Gasteiger partial charge in [0.25, 0.3) is 0 Å². The zero-order chi connectivity index (χ0) is 14.3. The summed E-state index contributed by atoms with van der Waals surface area (Å²) >= 11 is 0. The summed E-state index contributed by atoms with van der Waals surface area (Å²) < 4.78 is 16.5. The predicted molar refractivity (Wildman–Crippen MR) is 80.0 cm³/mol. The molecule has 0 rings (SSSR count). The van der Waals surface area contributed by atoms with Gasteiger partial charge in [-0.2, -0.15) is 0 Å². The average Bonchev–Trinajstić information content (AvgIpc) is 2.44. The van der Waals surface area contributed by atoms with Crippen molar-refractivity contribution in [3.8, 4) is 0 Å². The molecule has 112 valence electrons. The van der Waals surface area contributed by atoms with Crippen LogP contribution in [0.15, 0.2) is 24.3 Å². The minimum atomic E-state index is -0.193. The molecule has 0 aromatic carbocycles. The highest BCUT2D eigenvalue weighted by molar-refractivity contribution is 4.81. The first-order valence-electron chi connectivity index (χ1n) is 7.29. The van der Waals surface area contributed by atoms with E-state index in [9.17, 15) is 0 Å². The molecule has 2 atom stereocenters. The third-order valence-corrected chi connectivity index (χ3v) is 2.77. The van der Waals surface area contributed by atoms with Crippen molar-refractivity contribution in [1.29, 1.82) is 0 Å². The van der Waals surface area contributed by atoms with Crippen LogP contribution < -0.4 is 0 Å². The molecule has 0 bridgehead atoms. The zero-order valence-electron chi connectivity index (χ0n) is 12.9. The van der Waals surface area contributed by atoms with Gasteiger partial charge in [-0.15, -0.1) is 0 Å². The van der Waals surface area contributed by atoms with E-state index < -0.39 is 0 Å². The molecule has 0 fully saturated rings. The van der Waals surface area contributed by atoms with Crippen molar-refractivity contribution < 1.29 is 14.2 Å². The molecule has 0 heterocycles. The van der Waals surface area contributed by atoms with Gasteiger partial charge >= 0.3 is 0 Å². The lowest BCUT2D eigenvalue weighted by Gasteiger charge is -2.22. The first-order chi connectivity index (χ1) is 9.28. The maximum Gasteiger partial charge on any atom is 0.160 e. The van der Waals surface area contributed by atoms with E-state index in [4.69, 9.17) is 14.2 Å². The van der Waals surface area contributed by atoms with E-state index in [1.807, 2.05) is 0 Å². The standard InChI is InChI=1S/C16H30O3/c1-5-7-9-11-13-15(17-3)19-16(18-4)14-12-10-8-6-2/h7-10,15-16H,5-6,11-14H2,1-4H3. The van der Waals surface area contributed by atoms with Gasteiger partial charge in [-0.1, -0.05) is 38.2 Å². The Morgan fingerprint density at radius 2 is 1.16 bits per heavy atom. The van der Waals surface area contributed by atoms with E-state index in [1.165, 1.54) is 0 Å². The summed E-state index contributed by atoms with van der Waals surface area (Å²) in [5.41, 5.74) is 0. The molecule has 3 heteroatoms. The summed E-state index contributed by atoms with van der Waals surface area (Å²) in [4.78, 5) is 0. The topological polar surface area (TPSA) is 27.7 Å². The van der Waals surface area contributed by atoms with Crippen molar-refractivity contribution in [2.24, 2.45) is 0 Å². The van der Waals surface area contributed by atoms with Gasteiger partial charge in [0.05, 0.1) is 0 Å². The number of methoxy groups -OCH3 is 2. The molecule has 0 saturated heterocycles. The van der Waals surface area contributed by atoms with E-state index in [0.29, 0.717) is 0 Å². The minimum absolute atomic E-state index is 0.193. The number of allylic oxidation sites excluding steroid dienone is 4. The van der Waals surface area contributed by atoms with Crippen molar-refractivity contribution in [2.45, 2.75) is 65.0 Å². The molecule has 0 radical (unpaired) electrons. The number of hydrogen-bond donors (Lipinski definition) is 0. The average molecular weight is 270 g/mol. The van der Waals surface area contributed by atoms with Crippen LogP contribution in [-0.2, 0) is 14.2 Å². The molecule has 2 unspecified atom stereocenters. The predicted octanol–water partition coefficient (Wildman–Crippen LogP) is 4.44. The second-order valence-electron chi connectivity index (χ2n) is 4.38. The molecule has 3 nitrogen and oxygen atoms in total. The van der Waals surface area contributed by atoms with Gasteiger partial charge < -0.3 is 14.2 Å². The first kappa shape index (κ1) is 18.4. The largest absolute Gasteiger partial charge is 0.356 e. The number of hydrogen-bond acceptors (Lipinski definition) is 3. The second-order valence-corrected chi connectivity index (χ2v) is 4.38. The SMILES string of the molecule is CCC=CCCC(OC)OC(CCC=CCC)OC. The molecule has 0 amide bonds. The van der Waals surface area contributed by atoms with Crippen molar-refractivity contribution in [3.63, 3.8) is 0 Å². The normalized spacial score (nSPS) is 15.4. The van der Waals surface area contributed by atoms with Crippen LogP contribution in [0, 0.1) is 0 Å². The summed E-state index contributed by atoms with van der Waals surface area (Å²) in [6, 6.07) is 0. The zero-order valence-corrected chi connectivity index (χ0v) is 12.9. The highest BCUT2D eigenvalue weighted by Gasteiger charge is 2.14. The van der Waals surface area contributed by atoms with Crippen molar-refractivity contribution in [3.05, 3.63) is 24.3 Å².